The summed E-state index contributed by atoms with van der Waals surface area (Å²) in [6, 6.07) is 3.44. The van der Waals surface area contributed by atoms with Gasteiger partial charge >= 0.3 is 12.0 Å². The van der Waals surface area contributed by atoms with Gasteiger partial charge in [-0.25, -0.2) is 9.78 Å². The number of esters is 1. The van der Waals surface area contributed by atoms with Gasteiger partial charge in [-0.15, -0.1) is 11.8 Å². The Kier molecular flexibility index (Phi) is 5.44. The molecular formula is C14H19N3O3S. The van der Waals surface area contributed by atoms with Crippen LogP contribution >= 0.6 is 11.8 Å². The molecular weight excluding hydrogens is 290 g/mol. The Labute approximate surface area is 128 Å². The number of amides is 2. The van der Waals surface area contributed by atoms with Gasteiger partial charge in [0, 0.05) is 24.2 Å². The summed E-state index contributed by atoms with van der Waals surface area (Å²) in [5.74, 6) is 0.0225. The summed E-state index contributed by atoms with van der Waals surface area (Å²) >= 11 is 1.59. The third kappa shape index (κ3) is 4.10. The van der Waals surface area contributed by atoms with Gasteiger partial charge in [0.1, 0.15) is 5.82 Å². The van der Waals surface area contributed by atoms with Gasteiger partial charge in [0.2, 0.25) is 0 Å². The molecule has 1 aromatic heterocycles. The highest BCUT2D eigenvalue weighted by Crippen LogP contribution is 2.19. The number of thioether (sulfide) groups is 1. The van der Waals surface area contributed by atoms with Gasteiger partial charge in [-0.05, 0) is 31.2 Å². The summed E-state index contributed by atoms with van der Waals surface area (Å²) in [7, 11) is 1.37. The van der Waals surface area contributed by atoms with Crippen LogP contribution in [0.3, 0.4) is 0 Å². The number of urea groups is 1. The first kappa shape index (κ1) is 15.6. The van der Waals surface area contributed by atoms with Crippen molar-refractivity contribution in [3.05, 3.63) is 18.3 Å². The van der Waals surface area contributed by atoms with E-state index in [-0.39, 0.29) is 17.9 Å². The standard InChI is InChI=1S/C14H19N3O3S/c1-20-13(18)10-4-3-7-17(9-10)14(19)16-12-6-5-11(21-2)8-15-12/h5-6,8,10H,3-4,7,9H2,1-2H3,(H,15,16,19). The molecule has 1 atom stereocenters. The number of piperidine rings is 1. The van der Waals surface area contributed by atoms with E-state index in [2.05, 4.69) is 10.3 Å². The predicted octanol–water partition coefficient (Wildman–Crippen LogP) is 2.22. The summed E-state index contributed by atoms with van der Waals surface area (Å²) < 4.78 is 4.75. The molecule has 0 aromatic carbocycles. The van der Waals surface area contributed by atoms with E-state index in [1.165, 1.54) is 7.11 Å². The van der Waals surface area contributed by atoms with Crippen LogP contribution in [0.15, 0.2) is 23.2 Å². The van der Waals surface area contributed by atoms with E-state index >= 15 is 0 Å². The number of methoxy groups -OCH3 is 1. The lowest BCUT2D eigenvalue weighted by Gasteiger charge is -2.31. The Balaban J connectivity index is 1.94. The molecule has 0 aliphatic carbocycles. The quantitative estimate of drug-likeness (QED) is 0.685. The van der Waals surface area contributed by atoms with Crippen LogP contribution in [-0.4, -0.2) is 48.3 Å². The Morgan fingerprint density at radius 3 is 2.90 bits per heavy atom. The van der Waals surface area contributed by atoms with Gasteiger partial charge in [-0.2, -0.15) is 0 Å². The van der Waals surface area contributed by atoms with Crippen LogP contribution in [0.5, 0.6) is 0 Å². The zero-order valence-corrected chi connectivity index (χ0v) is 13.0. The van der Waals surface area contributed by atoms with E-state index in [4.69, 9.17) is 4.74 Å². The lowest BCUT2D eigenvalue weighted by atomic mass is 9.98. The minimum atomic E-state index is -0.255. The van der Waals surface area contributed by atoms with Crippen molar-refractivity contribution in [1.29, 1.82) is 0 Å². The normalized spacial score (nSPS) is 18.2. The molecule has 0 saturated carbocycles. The van der Waals surface area contributed by atoms with Crippen LogP contribution < -0.4 is 5.32 Å². The predicted molar refractivity (Wildman–Crippen MR) is 81.3 cm³/mol. The topological polar surface area (TPSA) is 71.5 Å². The number of ether oxygens (including phenoxy) is 1. The van der Waals surface area contributed by atoms with Gasteiger partial charge in [0.15, 0.2) is 0 Å². The molecule has 1 fully saturated rings. The van der Waals surface area contributed by atoms with E-state index in [9.17, 15) is 9.59 Å². The highest BCUT2D eigenvalue weighted by atomic mass is 32.2. The van der Waals surface area contributed by atoms with E-state index in [1.807, 2.05) is 12.3 Å². The largest absolute Gasteiger partial charge is 0.469 e. The number of pyridine rings is 1. The minimum absolute atomic E-state index is 0.229. The summed E-state index contributed by atoms with van der Waals surface area (Å²) in [5, 5.41) is 2.75. The third-order valence-electron chi connectivity index (χ3n) is 3.45. The van der Waals surface area contributed by atoms with Gasteiger partial charge in [-0.3, -0.25) is 10.1 Å². The molecule has 0 radical (unpaired) electrons. The SMILES string of the molecule is COC(=O)C1CCCN(C(=O)Nc2ccc(SC)cn2)C1. The molecule has 114 valence electrons. The molecule has 0 bridgehead atoms. The summed E-state index contributed by atoms with van der Waals surface area (Å²) in [4.78, 5) is 30.6. The fourth-order valence-corrected chi connectivity index (χ4v) is 2.65. The van der Waals surface area contributed by atoms with Gasteiger partial charge in [0.05, 0.1) is 13.0 Å². The first-order valence-corrected chi connectivity index (χ1v) is 8.00. The molecule has 0 spiro atoms. The number of anilines is 1. The van der Waals surface area contributed by atoms with Crippen LogP contribution in [0.1, 0.15) is 12.8 Å². The van der Waals surface area contributed by atoms with Crippen LogP contribution in [-0.2, 0) is 9.53 Å². The zero-order chi connectivity index (χ0) is 15.2. The van der Waals surface area contributed by atoms with Gasteiger partial charge < -0.3 is 9.64 Å². The highest BCUT2D eigenvalue weighted by Gasteiger charge is 2.29. The Hall–Kier alpha value is -1.76. The first-order valence-electron chi connectivity index (χ1n) is 6.78. The van der Waals surface area contributed by atoms with Crippen molar-refractivity contribution in [3.63, 3.8) is 0 Å². The molecule has 1 aliphatic rings. The zero-order valence-electron chi connectivity index (χ0n) is 12.2. The molecule has 1 unspecified atom stereocenters. The Morgan fingerprint density at radius 1 is 1.48 bits per heavy atom. The summed E-state index contributed by atoms with van der Waals surface area (Å²) in [6.45, 7) is 1.03. The number of carbonyl (C=O) groups is 2. The van der Waals surface area contributed by atoms with Crippen LogP contribution in [0.4, 0.5) is 10.6 Å². The van der Waals surface area contributed by atoms with Crippen molar-refractivity contribution in [2.75, 3.05) is 31.8 Å². The number of rotatable bonds is 3. The van der Waals surface area contributed by atoms with Gasteiger partial charge in [-0.1, -0.05) is 0 Å². The van der Waals surface area contributed by atoms with Crippen molar-refractivity contribution in [3.8, 4) is 0 Å². The van der Waals surface area contributed by atoms with Crippen molar-refractivity contribution in [2.24, 2.45) is 5.92 Å². The Morgan fingerprint density at radius 2 is 2.29 bits per heavy atom. The van der Waals surface area contributed by atoms with Crippen LogP contribution in [0.2, 0.25) is 0 Å². The van der Waals surface area contributed by atoms with Crippen molar-refractivity contribution in [1.82, 2.24) is 9.88 Å². The monoisotopic (exact) mass is 309 g/mol. The number of nitrogens with zero attached hydrogens (tertiary/aromatic N) is 2. The second-order valence-electron chi connectivity index (χ2n) is 4.82. The molecule has 6 nitrogen and oxygen atoms in total. The maximum atomic E-state index is 12.2. The maximum Gasteiger partial charge on any atom is 0.323 e. The third-order valence-corrected chi connectivity index (χ3v) is 4.16. The molecule has 2 amide bonds. The van der Waals surface area contributed by atoms with E-state index in [0.717, 1.165) is 17.7 Å². The minimum Gasteiger partial charge on any atom is -0.469 e. The average molecular weight is 309 g/mol. The number of carbonyl (C=O) groups excluding carboxylic acids is 2. The van der Waals surface area contributed by atoms with E-state index < -0.39 is 0 Å². The van der Waals surface area contributed by atoms with Gasteiger partial charge in [0.25, 0.3) is 0 Å². The van der Waals surface area contributed by atoms with Crippen molar-refractivity contribution >= 4 is 29.6 Å². The highest BCUT2D eigenvalue weighted by molar-refractivity contribution is 7.98. The molecule has 1 saturated heterocycles. The number of hydrogen-bond acceptors (Lipinski definition) is 5. The second kappa shape index (κ2) is 7.31. The number of aromatic nitrogens is 1. The van der Waals surface area contributed by atoms with Crippen molar-refractivity contribution < 1.29 is 14.3 Å². The molecule has 1 aromatic rings. The summed E-state index contributed by atoms with van der Waals surface area (Å²) in [6.07, 6.45) is 5.24. The van der Waals surface area contributed by atoms with Crippen molar-refractivity contribution in [2.45, 2.75) is 17.7 Å². The average Bonchev–Trinajstić information content (AvgIpc) is 2.55. The molecule has 1 aliphatic heterocycles. The molecule has 2 rings (SSSR count). The van der Waals surface area contributed by atoms with Crippen LogP contribution in [0.25, 0.3) is 0 Å². The molecule has 21 heavy (non-hydrogen) atoms. The number of likely N-dealkylation sites (tertiary alicyclic amines) is 1. The van der Waals surface area contributed by atoms with Crippen LogP contribution in [0, 0.1) is 5.92 Å². The van der Waals surface area contributed by atoms with E-state index in [0.29, 0.717) is 18.9 Å². The lowest BCUT2D eigenvalue weighted by molar-refractivity contribution is -0.146. The molecule has 2 heterocycles. The Bertz CT molecular complexity index is 507. The first-order chi connectivity index (χ1) is 10.1. The molecule has 1 N–H and O–H groups in total. The number of nitrogens with one attached hydrogen (secondary N) is 1. The maximum absolute atomic E-state index is 12.2. The lowest BCUT2D eigenvalue weighted by Crippen LogP contribution is -2.44. The molecule has 7 heteroatoms. The fraction of sp³-hybridized carbons (Fsp3) is 0.500. The smallest absolute Gasteiger partial charge is 0.323 e. The number of hydrogen-bond donors (Lipinski definition) is 1. The summed E-state index contributed by atoms with van der Waals surface area (Å²) in [5.41, 5.74) is 0. The van der Waals surface area contributed by atoms with E-state index in [1.54, 1.807) is 28.9 Å². The fourth-order valence-electron chi connectivity index (χ4n) is 2.28. The second-order valence-corrected chi connectivity index (χ2v) is 5.70.